The molecule has 0 saturated heterocycles. The number of aromatic nitrogens is 2. The number of benzene rings is 2. The number of phenols is 1. The second kappa shape index (κ2) is 9.32. The molecule has 9 heteroatoms. The monoisotopic (exact) mass is 498 g/mol. The Morgan fingerprint density at radius 1 is 1.32 bits per heavy atom. The lowest BCUT2D eigenvalue weighted by Crippen LogP contribution is -2.20. The number of phenolic OH excluding ortho intramolecular Hbond substituents is 1. The summed E-state index contributed by atoms with van der Waals surface area (Å²) in [7, 11) is 0. The smallest absolute Gasteiger partial charge is 0.246 e. The third-order valence-corrected chi connectivity index (χ3v) is 5.87. The van der Waals surface area contributed by atoms with Crippen molar-refractivity contribution in [2.24, 2.45) is 5.10 Å². The van der Waals surface area contributed by atoms with Crippen LogP contribution in [0.15, 0.2) is 63.6 Å². The largest absolute Gasteiger partial charge is 0.504 e. The molecule has 4 rings (SSSR count). The zero-order chi connectivity index (χ0) is 21.8. The van der Waals surface area contributed by atoms with Gasteiger partial charge in [-0.3, -0.25) is 9.20 Å². The van der Waals surface area contributed by atoms with Gasteiger partial charge in [-0.25, -0.2) is 10.4 Å². The van der Waals surface area contributed by atoms with Crippen LogP contribution in [0, 0.1) is 0 Å². The Balaban J connectivity index is 1.42. The van der Waals surface area contributed by atoms with Crippen LogP contribution < -0.4 is 10.2 Å². The first kappa shape index (κ1) is 21.1. The van der Waals surface area contributed by atoms with Crippen molar-refractivity contribution in [3.63, 3.8) is 0 Å². The summed E-state index contributed by atoms with van der Waals surface area (Å²) in [5, 5.41) is 15.7. The van der Waals surface area contributed by atoms with Crippen molar-refractivity contribution in [1.82, 2.24) is 14.8 Å². The van der Waals surface area contributed by atoms with Gasteiger partial charge in [-0.1, -0.05) is 28.1 Å². The number of nitrogens with zero attached hydrogens (tertiary/aromatic N) is 3. The normalized spacial score (nSPS) is 11.3. The highest BCUT2D eigenvalue weighted by molar-refractivity contribution is 9.10. The topological polar surface area (TPSA) is 88.2 Å². The van der Waals surface area contributed by atoms with Gasteiger partial charge in [0.05, 0.1) is 24.9 Å². The molecule has 0 fully saturated rings. The highest BCUT2D eigenvalue weighted by atomic mass is 79.9. The van der Waals surface area contributed by atoms with Crippen molar-refractivity contribution in [2.45, 2.75) is 13.3 Å². The lowest BCUT2D eigenvalue weighted by Gasteiger charge is -2.06. The number of amides is 1. The number of hydrogen-bond donors (Lipinski definition) is 2. The molecule has 2 aromatic heterocycles. The summed E-state index contributed by atoms with van der Waals surface area (Å²) < 4.78 is 8.29. The molecule has 0 bridgehead atoms. The molecule has 2 heterocycles. The SMILES string of the molecule is CCOc1cc(/C=N/NC(=O)Cc2csc3nc(-c4ccc(Br)cc4)cn23)ccc1O. The van der Waals surface area contributed by atoms with Gasteiger partial charge in [-0.05, 0) is 42.8 Å². The van der Waals surface area contributed by atoms with E-state index in [0.717, 1.165) is 26.4 Å². The lowest BCUT2D eigenvalue weighted by molar-refractivity contribution is -0.120. The van der Waals surface area contributed by atoms with Gasteiger partial charge in [0.15, 0.2) is 16.5 Å². The molecule has 0 unspecified atom stereocenters. The Morgan fingerprint density at radius 3 is 2.90 bits per heavy atom. The number of thiazole rings is 1. The number of hydrazone groups is 1. The summed E-state index contributed by atoms with van der Waals surface area (Å²) >= 11 is 4.93. The van der Waals surface area contributed by atoms with Crippen molar-refractivity contribution >= 4 is 44.3 Å². The van der Waals surface area contributed by atoms with E-state index in [2.05, 4.69) is 31.4 Å². The maximum Gasteiger partial charge on any atom is 0.246 e. The number of hydrogen-bond acceptors (Lipinski definition) is 6. The molecule has 7 nitrogen and oxygen atoms in total. The van der Waals surface area contributed by atoms with Gasteiger partial charge < -0.3 is 9.84 Å². The van der Waals surface area contributed by atoms with E-state index in [1.54, 1.807) is 12.1 Å². The zero-order valence-corrected chi connectivity index (χ0v) is 19.0. The van der Waals surface area contributed by atoms with Crippen LogP contribution in [0.5, 0.6) is 11.5 Å². The molecule has 4 aromatic rings. The van der Waals surface area contributed by atoms with Crippen LogP contribution in [0.1, 0.15) is 18.2 Å². The van der Waals surface area contributed by atoms with Crippen molar-refractivity contribution in [3.05, 3.63) is 69.8 Å². The summed E-state index contributed by atoms with van der Waals surface area (Å²) in [4.78, 5) is 17.8. The molecule has 31 heavy (non-hydrogen) atoms. The molecule has 2 aromatic carbocycles. The van der Waals surface area contributed by atoms with Gasteiger partial charge in [0.25, 0.3) is 0 Å². The first-order valence-corrected chi connectivity index (χ1v) is 11.2. The van der Waals surface area contributed by atoms with Crippen LogP contribution in [-0.2, 0) is 11.2 Å². The molecular formula is C22H19BrN4O3S. The number of carbonyl (C=O) groups is 1. The average Bonchev–Trinajstić information content (AvgIpc) is 3.33. The Hall–Kier alpha value is -3.17. The minimum atomic E-state index is -0.237. The number of halogens is 1. The number of imidazole rings is 1. The van der Waals surface area contributed by atoms with Gasteiger partial charge >= 0.3 is 0 Å². The first-order valence-electron chi connectivity index (χ1n) is 9.52. The number of nitrogens with one attached hydrogen (secondary N) is 1. The first-order chi connectivity index (χ1) is 15.0. The molecule has 0 aliphatic rings. The van der Waals surface area contributed by atoms with Crippen LogP contribution in [0.25, 0.3) is 16.2 Å². The van der Waals surface area contributed by atoms with Gasteiger partial charge in [0, 0.05) is 27.3 Å². The predicted octanol–water partition coefficient (Wildman–Crippen LogP) is 4.62. The van der Waals surface area contributed by atoms with E-state index < -0.39 is 0 Å². The summed E-state index contributed by atoms with van der Waals surface area (Å²) in [6.45, 7) is 2.28. The van der Waals surface area contributed by atoms with Crippen LogP contribution in [0.3, 0.4) is 0 Å². The molecule has 0 spiro atoms. The summed E-state index contributed by atoms with van der Waals surface area (Å²) in [6.07, 6.45) is 3.62. The van der Waals surface area contributed by atoms with E-state index in [1.165, 1.54) is 23.6 Å². The standard InChI is InChI=1S/C22H19BrN4O3S/c1-2-30-20-9-14(3-8-19(20)28)11-24-26-21(29)10-17-13-31-22-25-18(12-27(17)22)15-4-6-16(23)7-5-15/h3-9,11-13,28H,2,10H2,1H3,(H,26,29)/b24-11+. The van der Waals surface area contributed by atoms with Crippen molar-refractivity contribution < 1.29 is 14.6 Å². The van der Waals surface area contributed by atoms with Crippen molar-refractivity contribution in [1.29, 1.82) is 0 Å². The molecule has 0 aliphatic heterocycles. The molecule has 0 atom stereocenters. The highest BCUT2D eigenvalue weighted by Gasteiger charge is 2.12. The fourth-order valence-corrected chi connectivity index (χ4v) is 4.12. The summed E-state index contributed by atoms with van der Waals surface area (Å²) in [6, 6.07) is 12.8. The maximum atomic E-state index is 12.4. The van der Waals surface area contributed by atoms with Gasteiger partial charge in [-0.2, -0.15) is 5.10 Å². The summed E-state index contributed by atoms with van der Waals surface area (Å²) in [5.41, 5.74) is 5.95. The van der Waals surface area contributed by atoms with Gasteiger partial charge in [-0.15, -0.1) is 11.3 Å². The van der Waals surface area contributed by atoms with E-state index in [0.29, 0.717) is 17.9 Å². The molecule has 0 saturated carbocycles. The van der Waals surface area contributed by atoms with Crippen molar-refractivity contribution in [3.8, 4) is 22.8 Å². The Bertz CT molecular complexity index is 1250. The number of carbonyl (C=O) groups excluding carboxylic acids is 1. The molecule has 158 valence electrons. The quantitative estimate of drug-likeness (QED) is 0.287. The third-order valence-electron chi connectivity index (χ3n) is 4.45. The molecule has 0 radical (unpaired) electrons. The maximum absolute atomic E-state index is 12.4. The molecule has 0 aliphatic carbocycles. The Kier molecular flexibility index (Phi) is 6.34. The second-order valence-corrected chi connectivity index (χ2v) is 8.40. The fourth-order valence-electron chi connectivity index (χ4n) is 2.98. The second-order valence-electron chi connectivity index (χ2n) is 6.64. The molecule has 2 N–H and O–H groups in total. The zero-order valence-electron chi connectivity index (χ0n) is 16.6. The van der Waals surface area contributed by atoms with Crippen LogP contribution >= 0.6 is 27.3 Å². The van der Waals surface area contributed by atoms with E-state index in [1.807, 2.05) is 47.2 Å². The van der Waals surface area contributed by atoms with Crippen LogP contribution in [-0.4, -0.2) is 33.2 Å². The number of fused-ring (bicyclic) bond motifs is 1. The number of rotatable bonds is 7. The minimum absolute atomic E-state index is 0.0624. The fraction of sp³-hybridized carbons (Fsp3) is 0.136. The van der Waals surface area contributed by atoms with Gasteiger partial charge in [0.2, 0.25) is 5.91 Å². The number of ether oxygens (including phenoxy) is 1. The van der Waals surface area contributed by atoms with Crippen molar-refractivity contribution in [2.75, 3.05) is 6.61 Å². The third kappa shape index (κ3) is 4.95. The van der Waals surface area contributed by atoms with E-state index >= 15 is 0 Å². The average molecular weight is 499 g/mol. The van der Waals surface area contributed by atoms with E-state index in [9.17, 15) is 9.90 Å². The van der Waals surface area contributed by atoms with E-state index in [-0.39, 0.29) is 18.1 Å². The Morgan fingerprint density at radius 2 is 2.13 bits per heavy atom. The van der Waals surface area contributed by atoms with Gasteiger partial charge in [0.1, 0.15) is 0 Å². The summed E-state index contributed by atoms with van der Waals surface area (Å²) in [5.74, 6) is 0.200. The lowest BCUT2D eigenvalue weighted by atomic mass is 10.2. The minimum Gasteiger partial charge on any atom is -0.504 e. The Labute approximate surface area is 191 Å². The van der Waals surface area contributed by atoms with E-state index in [4.69, 9.17) is 4.74 Å². The predicted molar refractivity (Wildman–Crippen MR) is 125 cm³/mol. The molecular weight excluding hydrogens is 480 g/mol. The number of aromatic hydroxyl groups is 1. The molecule has 1 amide bonds. The highest BCUT2D eigenvalue weighted by Crippen LogP contribution is 2.26. The van der Waals surface area contributed by atoms with Crippen LogP contribution in [0.4, 0.5) is 0 Å². The van der Waals surface area contributed by atoms with Crippen LogP contribution in [0.2, 0.25) is 0 Å².